The van der Waals surface area contributed by atoms with Gasteiger partial charge in [0.1, 0.15) is 11.5 Å². The highest BCUT2D eigenvalue weighted by molar-refractivity contribution is 6.13. The second-order valence-corrected chi connectivity index (χ2v) is 18.2. The summed E-state index contributed by atoms with van der Waals surface area (Å²) in [6.45, 7) is 15.6. The summed E-state index contributed by atoms with van der Waals surface area (Å²) in [7, 11) is 0. The Kier molecular flexibility index (Phi) is 7.97. The number of hydrogen-bond acceptors (Lipinski definition) is 6. The third kappa shape index (κ3) is 5.23. The van der Waals surface area contributed by atoms with E-state index in [0.717, 1.165) is 123 Å². The van der Waals surface area contributed by atoms with Gasteiger partial charge in [-0.3, -0.25) is 9.97 Å². The van der Waals surface area contributed by atoms with Gasteiger partial charge in [0.25, 0.3) is 0 Å². The van der Waals surface area contributed by atoms with Crippen molar-refractivity contribution >= 4 is 72.0 Å². The number of hydrogen-bond donors (Lipinski definition) is 0. The van der Waals surface area contributed by atoms with Gasteiger partial charge in [-0.05, 0) is 126 Å². The van der Waals surface area contributed by atoms with Crippen LogP contribution in [0.25, 0.3) is 76.1 Å². The van der Waals surface area contributed by atoms with Gasteiger partial charge in [-0.2, -0.15) is 5.26 Å². The molecule has 1 atom stereocenters. The average molecular weight is 921 g/mol. The molecule has 332 valence electrons. The Bertz CT molecular complexity index is 4430. The molecule has 10 nitrogen and oxygen atoms in total. The molecule has 8 aromatic carbocycles. The summed E-state index contributed by atoms with van der Waals surface area (Å²) >= 11 is 0. The van der Waals surface area contributed by atoms with Crippen molar-refractivity contribution in [2.24, 2.45) is 0 Å². The number of aromatic nitrogens is 4. The molecule has 72 heavy (non-hydrogen) atoms. The number of para-hydroxylation sites is 5. The van der Waals surface area contributed by atoms with Crippen molar-refractivity contribution in [2.75, 3.05) is 4.90 Å². The van der Waals surface area contributed by atoms with Crippen molar-refractivity contribution in [3.8, 4) is 51.8 Å². The van der Waals surface area contributed by atoms with Gasteiger partial charge in [0.15, 0.2) is 22.9 Å². The van der Waals surface area contributed by atoms with Gasteiger partial charge >= 0.3 is 0 Å². The number of pyridine rings is 2. The van der Waals surface area contributed by atoms with Crippen LogP contribution in [0.15, 0.2) is 194 Å². The summed E-state index contributed by atoms with van der Waals surface area (Å²) in [5.41, 5.74) is 14.5. The monoisotopic (exact) mass is 920 g/mol. The lowest BCUT2D eigenvalue weighted by molar-refractivity contribution is 0.436. The van der Waals surface area contributed by atoms with E-state index in [1.165, 1.54) is 0 Å². The van der Waals surface area contributed by atoms with Crippen LogP contribution in [0, 0.1) is 24.5 Å². The normalized spacial score (nSPS) is 14.6. The van der Waals surface area contributed by atoms with Crippen LogP contribution in [0.1, 0.15) is 27.8 Å². The smallest absolute Gasteiger partial charge is 0.188 e. The molecule has 0 amide bonds. The number of nitrogens with zero attached hydrogens (tertiary/aromatic N) is 8. The number of rotatable bonds is 3. The molecule has 6 heterocycles. The van der Waals surface area contributed by atoms with Crippen molar-refractivity contribution in [1.29, 1.82) is 5.26 Å². The first-order valence-corrected chi connectivity index (χ1v) is 23.4. The molecule has 15 rings (SSSR count). The molecule has 0 bridgehead atoms. The standard InChI is InChI=1S/C62H32N8O2/c1-64-37-18-24-51-43(29-37)44-30-38(65-2)19-25-52(44)70(51)41-32-49-61(67-35-41)60-48(11-9-27-66-60)62(49)46-10-3-6-14-56(46)71-59-33-40(20-22-47(59)62)68-50-23-17-36(34-63)28-42(50)45-31-39(21-26-53(45)68)69-54-12-4-7-15-57(54)72-58-16-8-5-13-55(58)69/h3-33,35H. The quantitative estimate of drug-likeness (QED) is 0.164. The van der Waals surface area contributed by atoms with Crippen LogP contribution in [-0.2, 0) is 5.41 Å². The molecule has 1 spiro atoms. The van der Waals surface area contributed by atoms with Crippen molar-refractivity contribution < 1.29 is 9.47 Å². The summed E-state index contributed by atoms with van der Waals surface area (Å²) in [5.74, 6) is 2.96. The summed E-state index contributed by atoms with van der Waals surface area (Å²) in [4.78, 5) is 20.0. The molecule has 0 N–H and O–H groups in total. The highest BCUT2D eigenvalue weighted by Crippen LogP contribution is 2.62. The minimum atomic E-state index is -0.889. The van der Waals surface area contributed by atoms with Crippen LogP contribution in [0.3, 0.4) is 0 Å². The Morgan fingerprint density at radius 1 is 0.458 bits per heavy atom. The first kappa shape index (κ1) is 39.5. The molecule has 10 heteroatoms. The Hall–Kier alpha value is -10.5. The first-order chi connectivity index (χ1) is 35.5. The van der Waals surface area contributed by atoms with E-state index in [2.05, 4.69) is 103 Å². The lowest BCUT2D eigenvalue weighted by atomic mass is 9.66. The van der Waals surface area contributed by atoms with Crippen molar-refractivity contribution in [3.63, 3.8) is 0 Å². The van der Waals surface area contributed by atoms with E-state index in [-0.39, 0.29) is 0 Å². The Balaban J connectivity index is 0.952. The summed E-state index contributed by atoms with van der Waals surface area (Å²) < 4.78 is 17.9. The van der Waals surface area contributed by atoms with Crippen LogP contribution in [0.2, 0.25) is 0 Å². The highest BCUT2D eigenvalue weighted by Gasteiger charge is 2.52. The maximum absolute atomic E-state index is 10.2. The number of nitriles is 1. The molecular formula is C62H32N8O2. The van der Waals surface area contributed by atoms with E-state index in [1.54, 1.807) is 0 Å². The summed E-state index contributed by atoms with van der Waals surface area (Å²) in [6.07, 6.45) is 3.73. The molecule has 0 saturated carbocycles. The van der Waals surface area contributed by atoms with E-state index in [0.29, 0.717) is 22.7 Å². The first-order valence-electron chi connectivity index (χ1n) is 23.4. The lowest BCUT2D eigenvalue weighted by Gasteiger charge is -2.39. The predicted octanol–water partition coefficient (Wildman–Crippen LogP) is 15.7. The minimum absolute atomic E-state index is 0.528. The molecule has 2 aliphatic heterocycles. The lowest BCUT2D eigenvalue weighted by Crippen LogP contribution is -2.32. The zero-order valence-electron chi connectivity index (χ0n) is 37.9. The fraction of sp³-hybridized carbons (Fsp3) is 0.0161. The minimum Gasteiger partial charge on any atom is -0.457 e. The molecule has 1 unspecified atom stereocenters. The molecule has 1 aliphatic carbocycles. The van der Waals surface area contributed by atoms with Crippen molar-refractivity contribution in [1.82, 2.24) is 19.1 Å². The van der Waals surface area contributed by atoms with E-state index >= 15 is 0 Å². The van der Waals surface area contributed by atoms with E-state index in [1.807, 2.05) is 122 Å². The van der Waals surface area contributed by atoms with E-state index in [4.69, 9.17) is 32.6 Å². The van der Waals surface area contributed by atoms with Gasteiger partial charge in [0.05, 0.1) is 86.9 Å². The molecule has 0 saturated heterocycles. The second-order valence-electron chi connectivity index (χ2n) is 18.2. The highest BCUT2D eigenvalue weighted by atomic mass is 16.5. The van der Waals surface area contributed by atoms with Gasteiger partial charge < -0.3 is 23.5 Å². The average Bonchev–Trinajstić information content (AvgIpc) is 4.05. The van der Waals surface area contributed by atoms with Crippen molar-refractivity contribution in [3.05, 3.63) is 245 Å². The van der Waals surface area contributed by atoms with Crippen LogP contribution >= 0.6 is 0 Å². The predicted molar refractivity (Wildman–Crippen MR) is 280 cm³/mol. The topological polar surface area (TPSA) is 89.8 Å². The largest absolute Gasteiger partial charge is 0.457 e. The summed E-state index contributed by atoms with van der Waals surface area (Å²) in [6, 6.07) is 63.5. The van der Waals surface area contributed by atoms with Crippen LogP contribution in [0.4, 0.5) is 28.4 Å². The molecule has 0 fully saturated rings. The Labute approximate surface area is 411 Å². The number of anilines is 3. The van der Waals surface area contributed by atoms with Gasteiger partial charge in [-0.1, -0.05) is 66.7 Å². The zero-order valence-corrected chi connectivity index (χ0v) is 37.9. The maximum Gasteiger partial charge on any atom is 0.188 e. The fourth-order valence-electron chi connectivity index (χ4n) is 11.7. The van der Waals surface area contributed by atoms with E-state index in [9.17, 15) is 5.26 Å². The van der Waals surface area contributed by atoms with Crippen molar-refractivity contribution in [2.45, 2.75) is 5.41 Å². The second kappa shape index (κ2) is 14.5. The zero-order chi connectivity index (χ0) is 47.8. The van der Waals surface area contributed by atoms with Crippen LogP contribution in [-0.4, -0.2) is 19.1 Å². The Morgan fingerprint density at radius 2 is 1.01 bits per heavy atom. The maximum atomic E-state index is 10.2. The number of benzene rings is 8. The SMILES string of the molecule is [C-]#[N+]c1ccc2c(c1)c1cc([N+]#[C-])ccc1n2-c1cnc2c(c1)C1(c3ccccc3Oc3cc(-n4c5ccc(C#N)cc5c5cc(N6c7ccccc7Oc7ccccc76)ccc54)ccc31)c1cccnc1-2. The van der Waals surface area contributed by atoms with E-state index < -0.39 is 5.41 Å². The molecule has 4 aromatic heterocycles. The third-order valence-electron chi connectivity index (χ3n) is 14.7. The van der Waals surface area contributed by atoms with Gasteiger partial charge in [0, 0.05) is 51.1 Å². The fourth-order valence-corrected chi connectivity index (χ4v) is 11.7. The Morgan fingerprint density at radius 3 is 1.72 bits per heavy atom. The van der Waals surface area contributed by atoms with Crippen LogP contribution in [0.5, 0.6) is 23.0 Å². The summed E-state index contributed by atoms with van der Waals surface area (Å²) in [5, 5.41) is 13.9. The molecule has 3 aliphatic rings. The van der Waals surface area contributed by atoms with Gasteiger partial charge in [-0.15, -0.1) is 0 Å². The van der Waals surface area contributed by atoms with Gasteiger partial charge in [-0.25, -0.2) is 9.69 Å². The third-order valence-corrected chi connectivity index (χ3v) is 14.7. The molecule has 12 aromatic rings. The number of fused-ring (bicyclic) bond motifs is 17. The van der Waals surface area contributed by atoms with Gasteiger partial charge in [0.2, 0.25) is 0 Å². The van der Waals surface area contributed by atoms with Crippen LogP contribution < -0.4 is 14.4 Å². The molecular weight excluding hydrogens is 889 g/mol. The number of ether oxygens (including phenoxy) is 2. The molecule has 0 radical (unpaired) electrons.